The highest BCUT2D eigenvalue weighted by molar-refractivity contribution is 5.70. The second-order valence-electron chi connectivity index (χ2n) is 8.84. The summed E-state index contributed by atoms with van der Waals surface area (Å²) in [5, 5.41) is 8.87. The summed E-state index contributed by atoms with van der Waals surface area (Å²) in [6, 6.07) is 20.9. The number of nitriles is 1. The molecule has 3 aromatic carbocycles. The van der Waals surface area contributed by atoms with Crippen LogP contribution in [0.25, 0.3) is 5.70 Å². The number of aryl methyl sites for hydroxylation is 1. The summed E-state index contributed by atoms with van der Waals surface area (Å²) >= 11 is 0. The summed E-state index contributed by atoms with van der Waals surface area (Å²) in [6.07, 6.45) is 6.83. The zero-order valence-corrected chi connectivity index (χ0v) is 22.0. The Bertz CT molecular complexity index is 1350. The second-order valence-corrected chi connectivity index (χ2v) is 8.84. The summed E-state index contributed by atoms with van der Waals surface area (Å²) in [5.41, 5.74) is 6.80. The van der Waals surface area contributed by atoms with Gasteiger partial charge in [-0.1, -0.05) is 48.6 Å². The van der Waals surface area contributed by atoms with Crippen LogP contribution in [-0.2, 0) is 17.6 Å². The lowest BCUT2D eigenvalue weighted by atomic mass is 10.1. The molecule has 6 heteroatoms. The van der Waals surface area contributed by atoms with Gasteiger partial charge in [0.2, 0.25) is 0 Å². The Kier molecular flexibility index (Phi) is 10.7. The van der Waals surface area contributed by atoms with Gasteiger partial charge in [-0.3, -0.25) is 9.98 Å². The zero-order chi connectivity index (χ0) is 27.3. The molecule has 0 heterocycles. The summed E-state index contributed by atoms with van der Waals surface area (Å²) < 4.78 is 19.4. The SMILES string of the molecule is C=N/C(=C\C=C/Cc1ccc(C#N)cc1F)c1ccc(CCN(CCOC)c2ccc(C)cc2N=C)cc1. The van der Waals surface area contributed by atoms with Crippen molar-refractivity contribution in [3.8, 4) is 6.07 Å². The van der Waals surface area contributed by atoms with Crippen LogP contribution in [0, 0.1) is 24.1 Å². The number of methoxy groups -OCH3 is 1. The molecule has 0 saturated heterocycles. The van der Waals surface area contributed by atoms with Gasteiger partial charge in [0.1, 0.15) is 5.82 Å². The fraction of sp³-hybridized carbons (Fsp3) is 0.219. The van der Waals surface area contributed by atoms with Crippen LogP contribution in [-0.4, -0.2) is 40.2 Å². The van der Waals surface area contributed by atoms with E-state index < -0.39 is 0 Å². The fourth-order valence-electron chi connectivity index (χ4n) is 4.06. The molecule has 3 rings (SSSR count). The first-order chi connectivity index (χ1) is 18.5. The Morgan fingerprint density at radius 1 is 1.08 bits per heavy atom. The van der Waals surface area contributed by atoms with Crippen LogP contribution in [0.1, 0.15) is 27.8 Å². The first-order valence-electron chi connectivity index (χ1n) is 12.4. The lowest BCUT2D eigenvalue weighted by molar-refractivity contribution is 0.205. The number of anilines is 1. The first-order valence-corrected chi connectivity index (χ1v) is 12.4. The Hall–Kier alpha value is -4.34. The fourth-order valence-corrected chi connectivity index (χ4v) is 4.06. The molecule has 0 fully saturated rings. The predicted molar refractivity (Wildman–Crippen MR) is 156 cm³/mol. The molecule has 194 valence electrons. The van der Waals surface area contributed by atoms with Gasteiger partial charge in [0.05, 0.1) is 35.3 Å². The largest absolute Gasteiger partial charge is 0.383 e. The second kappa shape index (κ2) is 14.4. The van der Waals surface area contributed by atoms with Gasteiger partial charge < -0.3 is 9.64 Å². The molecule has 0 unspecified atom stereocenters. The standard InChI is InChI=1S/C32H33FN4O/c1-24-9-16-32(31(21-24)36-3)37(19-20-38-4)18-17-25-10-14-28(15-11-25)30(35-2)8-6-5-7-27-13-12-26(23-34)22-29(27)33/h5-6,8-16,21-22H,2-3,7,17-20H2,1,4H3/b6-5-,30-8-. The molecule has 0 aliphatic rings. The molecule has 0 aliphatic heterocycles. The summed E-state index contributed by atoms with van der Waals surface area (Å²) in [5.74, 6) is -0.379. The Labute approximate surface area is 224 Å². The van der Waals surface area contributed by atoms with E-state index in [4.69, 9.17) is 10.00 Å². The summed E-state index contributed by atoms with van der Waals surface area (Å²) in [6.45, 7) is 11.7. The normalized spacial score (nSPS) is 11.4. The average Bonchev–Trinajstić information content (AvgIpc) is 2.94. The van der Waals surface area contributed by atoms with Gasteiger partial charge in [0.15, 0.2) is 0 Å². The van der Waals surface area contributed by atoms with E-state index in [9.17, 15) is 4.39 Å². The molecule has 0 radical (unpaired) electrons. The smallest absolute Gasteiger partial charge is 0.128 e. The van der Waals surface area contributed by atoms with Crippen molar-refractivity contribution in [1.29, 1.82) is 5.26 Å². The zero-order valence-electron chi connectivity index (χ0n) is 22.0. The van der Waals surface area contributed by atoms with E-state index >= 15 is 0 Å². The molecule has 0 aromatic heterocycles. The van der Waals surface area contributed by atoms with Crippen molar-refractivity contribution >= 4 is 30.5 Å². The Balaban J connectivity index is 1.65. The van der Waals surface area contributed by atoms with Crippen LogP contribution >= 0.6 is 0 Å². The van der Waals surface area contributed by atoms with Crippen molar-refractivity contribution in [3.05, 3.63) is 113 Å². The number of hydrogen-bond acceptors (Lipinski definition) is 5. The van der Waals surface area contributed by atoms with Crippen LogP contribution in [0.3, 0.4) is 0 Å². The number of aliphatic imine (C=N–C) groups is 2. The van der Waals surface area contributed by atoms with Crippen molar-refractivity contribution < 1.29 is 9.13 Å². The van der Waals surface area contributed by atoms with E-state index in [0.29, 0.717) is 24.2 Å². The highest BCUT2D eigenvalue weighted by Crippen LogP contribution is 2.29. The lowest BCUT2D eigenvalue weighted by Gasteiger charge is -2.26. The van der Waals surface area contributed by atoms with Crippen molar-refractivity contribution in [2.75, 3.05) is 31.7 Å². The number of benzene rings is 3. The highest BCUT2D eigenvalue weighted by atomic mass is 19.1. The third-order valence-corrected chi connectivity index (χ3v) is 6.21. The van der Waals surface area contributed by atoms with E-state index in [1.54, 1.807) is 19.2 Å². The first kappa shape index (κ1) is 28.2. The maximum absolute atomic E-state index is 14.1. The van der Waals surface area contributed by atoms with Crippen LogP contribution in [0.2, 0.25) is 0 Å². The average molecular weight is 509 g/mol. The molecular formula is C32H33FN4O. The van der Waals surface area contributed by atoms with E-state index in [1.165, 1.54) is 11.6 Å². The molecular weight excluding hydrogens is 475 g/mol. The summed E-state index contributed by atoms with van der Waals surface area (Å²) in [7, 11) is 1.71. The van der Waals surface area contributed by atoms with Crippen LogP contribution in [0.15, 0.2) is 88.9 Å². The highest BCUT2D eigenvalue weighted by Gasteiger charge is 2.12. The third-order valence-electron chi connectivity index (χ3n) is 6.21. The van der Waals surface area contributed by atoms with Crippen LogP contribution < -0.4 is 4.90 Å². The molecule has 0 atom stereocenters. The third kappa shape index (κ3) is 7.83. The number of ether oxygens (including phenoxy) is 1. The Morgan fingerprint density at radius 3 is 2.53 bits per heavy atom. The minimum Gasteiger partial charge on any atom is -0.383 e. The van der Waals surface area contributed by atoms with Crippen molar-refractivity contribution in [2.45, 2.75) is 19.8 Å². The van der Waals surface area contributed by atoms with E-state index in [0.717, 1.165) is 47.7 Å². The number of hydrogen-bond donors (Lipinski definition) is 0. The van der Waals surface area contributed by atoms with Gasteiger partial charge in [-0.15, -0.1) is 0 Å². The van der Waals surface area contributed by atoms with Crippen LogP contribution in [0.5, 0.6) is 0 Å². The topological polar surface area (TPSA) is 61.0 Å². The van der Waals surface area contributed by atoms with E-state index in [2.05, 4.69) is 52.6 Å². The van der Waals surface area contributed by atoms with Gasteiger partial charge in [-0.2, -0.15) is 5.26 Å². The molecule has 5 nitrogen and oxygen atoms in total. The van der Waals surface area contributed by atoms with Crippen molar-refractivity contribution in [1.82, 2.24) is 0 Å². The van der Waals surface area contributed by atoms with Crippen molar-refractivity contribution in [2.24, 2.45) is 9.98 Å². The maximum Gasteiger partial charge on any atom is 0.128 e. The molecule has 38 heavy (non-hydrogen) atoms. The Morgan fingerprint density at radius 2 is 1.87 bits per heavy atom. The monoisotopic (exact) mass is 508 g/mol. The number of rotatable bonds is 13. The molecule has 0 aliphatic carbocycles. The van der Waals surface area contributed by atoms with Crippen molar-refractivity contribution in [3.63, 3.8) is 0 Å². The van der Waals surface area contributed by atoms with Gasteiger partial charge in [0.25, 0.3) is 0 Å². The molecule has 3 aromatic rings. The minimum atomic E-state index is -0.379. The number of nitrogens with zero attached hydrogens (tertiary/aromatic N) is 4. The van der Waals surface area contributed by atoms with Gasteiger partial charge in [-0.25, -0.2) is 4.39 Å². The lowest BCUT2D eigenvalue weighted by Crippen LogP contribution is -2.29. The predicted octanol–water partition coefficient (Wildman–Crippen LogP) is 6.87. The molecule has 0 bridgehead atoms. The number of halogens is 1. The molecule has 0 N–H and O–H groups in total. The quantitative estimate of drug-likeness (QED) is 0.187. The maximum atomic E-state index is 14.1. The van der Waals surface area contributed by atoms with Gasteiger partial charge in [-0.05, 0) is 80.2 Å². The van der Waals surface area contributed by atoms with E-state index in [-0.39, 0.29) is 5.82 Å². The molecule has 0 amide bonds. The molecule has 0 saturated carbocycles. The summed E-state index contributed by atoms with van der Waals surface area (Å²) in [4.78, 5) is 10.7. The van der Waals surface area contributed by atoms with E-state index in [1.807, 2.05) is 49.4 Å². The van der Waals surface area contributed by atoms with Crippen LogP contribution in [0.4, 0.5) is 15.8 Å². The molecule has 0 spiro atoms. The number of allylic oxidation sites excluding steroid dienone is 3. The van der Waals surface area contributed by atoms with Gasteiger partial charge in [0, 0.05) is 25.8 Å². The minimum absolute atomic E-state index is 0.313. The van der Waals surface area contributed by atoms with Gasteiger partial charge >= 0.3 is 0 Å².